The molecule has 0 aliphatic carbocycles. The van der Waals surface area contributed by atoms with Gasteiger partial charge in [0.25, 0.3) is 5.91 Å². The SMILES string of the molecule is CCCCOCCNC(=O)C1OC(CNC(=O)CN2CCN(CC(=O)O)CCN(CC(=O)O)CCN(CC(=O)O)CC2)C(O)C(O)C1O. The van der Waals surface area contributed by atoms with Crippen LogP contribution >= 0.6 is 0 Å². The van der Waals surface area contributed by atoms with Crippen molar-refractivity contribution in [2.24, 2.45) is 0 Å². The fourth-order valence-corrected chi connectivity index (χ4v) is 5.29. The number of ether oxygens (including phenoxy) is 2. The molecule has 0 radical (unpaired) electrons. The van der Waals surface area contributed by atoms with Gasteiger partial charge in [-0.05, 0) is 6.42 Å². The van der Waals surface area contributed by atoms with E-state index in [-0.39, 0.29) is 98.2 Å². The minimum Gasteiger partial charge on any atom is -0.480 e. The molecule has 19 nitrogen and oxygen atoms in total. The van der Waals surface area contributed by atoms with E-state index in [4.69, 9.17) is 9.47 Å². The first kappa shape index (κ1) is 41.2. The van der Waals surface area contributed by atoms with Crippen molar-refractivity contribution in [3.8, 4) is 0 Å². The average Bonchev–Trinajstić information content (AvgIpc) is 3.01. The number of carbonyl (C=O) groups excluding carboxylic acids is 2. The number of aliphatic hydroxyl groups is 3. The van der Waals surface area contributed by atoms with Gasteiger partial charge in [0.2, 0.25) is 5.91 Å². The van der Waals surface area contributed by atoms with E-state index in [1.807, 2.05) is 6.92 Å². The number of rotatable bonds is 17. The topological polar surface area (TPSA) is 262 Å². The van der Waals surface area contributed by atoms with E-state index in [0.29, 0.717) is 6.61 Å². The molecule has 2 heterocycles. The zero-order valence-electron chi connectivity index (χ0n) is 27.4. The van der Waals surface area contributed by atoms with Gasteiger partial charge < -0.3 is 50.7 Å². The minimum atomic E-state index is -1.72. The summed E-state index contributed by atoms with van der Waals surface area (Å²) in [5.74, 6) is -4.45. The van der Waals surface area contributed by atoms with Crippen molar-refractivity contribution in [3.05, 3.63) is 0 Å². The van der Waals surface area contributed by atoms with Crippen molar-refractivity contribution in [3.63, 3.8) is 0 Å². The standard InChI is InChI=1S/C29H52N6O13/c1-2-3-13-47-14-4-30-29(46)28-27(45)26(44)25(43)20(48-28)15-31-21(36)16-32-5-7-33(17-22(37)38)9-11-35(19-24(41)42)12-10-34(8-6-32)18-23(39)40/h20,25-28,43-45H,2-19H2,1H3,(H,30,46)(H,31,36)(H,37,38)(H,39,40)(H,41,42). The highest BCUT2D eigenvalue weighted by Gasteiger charge is 2.46. The van der Waals surface area contributed by atoms with Gasteiger partial charge in [0.15, 0.2) is 6.10 Å². The number of nitrogens with zero attached hydrogens (tertiary/aromatic N) is 4. The van der Waals surface area contributed by atoms with Crippen molar-refractivity contribution in [1.29, 1.82) is 0 Å². The highest BCUT2D eigenvalue weighted by atomic mass is 16.5. The molecule has 0 aromatic rings. The highest BCUT2D eigenvalue weighted by Crippen LogP contribution is 2.21. The van der Waals surface area contributed by atoms with Crippen molar-refractivity contribution < 1.29 is 64.1 Å². The normalized spacial score (nSPS) is 25.8. The monoisotopic (exact) mass is 692 g/mol. The summed E-state index contributed by atoms with van der Waals surface area (Å²) in [5, 5.41) is 64.5. The number of nitrogens with one attached hydrogen (secondary N) is 2. The molecule has 2 fully saturated rings. The molecular weight excluding hydrogens is 640 g/mol. The fraction of sp³-hybridized carbons (Fsp3) is 0.828. The summed E-state index contributed by atoms with van der Waals surface area (Å²) in [5.41, 5.74) is 0. The molecule has 2 amide bonds. The molecular formula is C29H52N6O13. The van der Waals surface area contributed by atoms with Gasteiger partial charge in [-0.2, -0.15) is 0 Å². The zero-order chi connectivity index (χ0) is 35.6. The first-order valence-electron chi connectivity index (χ1n) is 16.2. The molecule has 5 atom stereocenters. The van der Waals surface area contributed by atoms with E-state index in [1.165, 1.54) is 0 Å². The first-order chi connectivity index (χ1) is 22.8. The number of carbonyl (C=O) groups is 5. The zero-order valence-corrected chi connectivity index (χ0v) is 27.4. The Kier molecular flexibility index (Phi) is 18.7. The largest absolute Gasteiger partial charge is 0.480 e. The third-order valence-electron chi connectivity index (χ3n) is 8.03. The number of amides is 2. The molecule has 2 saturated heterocycles. The second kappa shape index (κ2) is 21.9. The van der Waals surface area contributed by atoms with Gasteiger partial charge in [-0.25, -0.2) is 0 Å². The van der Waals surface area contributed by atoms with Crippen LogP contribution in [0.2, 0.25) is 0 Å². The van der Waals surface area contributed by atoms with Gasteiger partial charge in [0.1, 0.15) is 24.4 Å². The Morgan fingerprint density at radius 2 is 1.12 bits per heavy atom. The third-order valence-corrected chi connectivity index (χ3v) is 8.03. The summed E-state index contributed by atoms with van der Waals surface area (Å²) in [6.07, 6.45) is -5.97. The van der Waals surface area contributed by atoms with Crippen LogP contribution in [0.4, 0.5) is 0 Å². The van der Waals surface area contributed by atoms with Gasteiger partial charge in [-0.1, -0.05) is 13.3 Å². The van der Waals surface area contributed by atoms with E-state index in [2.05, 4.69) is 10.6 Å². The quantitative estimate of drug-likeness (QED) is 0.0667. The predicted molar refractivity (Wildman–Crippen MR) is 167 cm³/mol. The predicted octanol–water partition coefficient (Wildman–Crippen LogP) is -4.64. The average molecular weight is 693 g/mol. The van der Waals surface area contributed by atoms with Gasteiger partial charge in [-0.15, -0.1) is 0 Å². The second-order valence-corrected chi connectivity index (χ2v) is 11.9. The molecule has 0 saturated carbocycles. The Morgan fingerprint density at radius 1 is 0.667 bits per heavy atom. The molecule has 0 spiro atoms. The van der Waals surface area contributed by atoms with Crippen molar-refractivity contribution in [1.82, 2.24) is 30.2 Å². The Balaban J connectivity index is 2.03. The summed E-state index contributed by atoms with van der Waals surface area (Å²) in [4.78, 5) is 66.6. The molecule has 0 aromatic heterocycles. The van der Waals surface area contributed by atoms with E-state index < -0.39 is 60.2 Å². The summed E-state index contributed by atoms with van der Waals surface area (Å²) in [6.45, 7) is 3.32. The molecule has 19 heteroatoms. The van der Waals surface area contributed by atoms with Crippen LogP contribution in [0.25, 0.3) is 0 Å². The molecule has 2 rings (SSSR count). The second-order valence-electron chi connectivity index (χ2n) is 11.9. The Morgan fingerprint density at radius 3 is 1.56 bits per heavy atom. The van der Waals surface area contributed by atoms with Gasteiger partial charge in [-0.3, -0.25) is 43.6 Å². The minimum absolute atomic E-state index is 0.138. The summed E-state index contributed by atoms with van der Waals surface area (Å²) < 4.78 is 11.0. The van der Waals surface area contributed by atoms with Crippen molar-refractivity contribution >= 4 is 29.7 Å². The van der Waals surface area contributed by atoms with Crippen molar-refractivity contribution in [2.45, 2.75) is 50.3 Å². The Hall–Kier alpha value is -3.01. The van der Waals surface area contributed by atoms with Crippen LogP contribution < -0.4 is 10.6 Å². The molecule has 8 N–H and O–H groups in total. The van der Waals surface area contributed by atoms with Crippen LogP contribution in [0.3, 0.4) is 0 Å². The summed E-state index contributed by atoms with van der Waals surface area (Å²) >= 11 is 0. The number of hydrogen-bond acceptors (Lipinski definition) is 14. The Bertz CT molecular complexity index is 1010. The van der Waals surface area contributed by atoms with E-state index in [0.717, 1.165) is 12.8 Å². The van der Waals surface area contributed by atoms with Crippen molar-refractivity contribution in [2.75, 3.05) is 105 Å². The van der Waals surface area contributed by atoms with Crippen LogP contribution in [0.1, 0.15) is 19.8 Å². The molecule has 5 unspecified atom stereocenters. The maximum Gasteiger partial charge on any atom is 0.317 e. The first-order valence-corrected chi connectivity index (χ1v) is 16.2. The highest BCUT2D eigenvalue weighted by molar-refractivity contribution is 5.82. The number of aliphatic carboxylic acids is 3. The smallest absolute Gasteiger partial charge is 0.317 e. The number of unbranched alkanes of at least 4 members (excludes halogenated alkanes) is 1. The molecule has 2 aliphatic heterocycles. The summed E-state index contributed by atoms with van der Waals surface area (Å²) in [6, 6.07) is 0. The number of carboxylic acids is 3. The van der Waals surface area contributed by atoms with Crippen LogP contribution in [0, 0.1) is 0 Å². The van der Waals surface area contributed by atoms with Crippen LogP contribution in [0.5, 0.6) is 0 Å². The molecule has 2 aliphatic rings. The number of aliphatic hydroxyl groups excluding tert-OH is 3. The molecule has 48 heavy (non-hydrogen) atoms. The van der Waals surface area contributed by atoms with Gasteiger partial charge in [0.05, 0.1) is 32.8 Å². The molecule has 0 bridgehead atoms. The van der Waals surface area contributed by atoms with Crippen LogP contribution in [-0.4, -0.2) is 215 Å². The van der Waals surface area contributed by atoms with Gasteiger partial charge >= 0.3 is 17.9 Å². The fourth-order valence-electron chi connectivity index (χ4n) is 5.29. The Labute approximate surface area is 279 Å². The maximum absolute atomic E-state index is 13.0. The molecule has 0 aromatic carbocycles. The number of hydrogen-bond donors (Lipinski definition) is 8. The van der Waals surface area contributed by atoms with Crippen LogP contribution in [-0.2, 0) is 33.4 Å². The molecule has 276 valence electrons. The van der Waals surface area contributed by atoms with Gasteiger partial charge in [0, 0.05) is 72.1 Å². The van der Waals surface area contributed by atoms with E-state index >= 15 is 0 Å². The lowest BCUT2D eigenvalue weighted by molar-refractivity contribution is -0.219. The van der Waals surface area contributed by atoms with E-state index in [9.17, 15) is 54.6 Å². The lowest BCUT2D eigenvalue weighted by atomic mass is 9.94. The van der Waals surface area contributed by atoms with E-state index in [1.54, 1.807) is 19.6 Å². The third kappa shape index (κ3) is 15.5. The lowest BCUT2D eigenvalue weighted by Crippen LogP contribution is -2.63. The number of carboxylic acid groups (broad SMARTS) is 3. The maximum atomic E-state index is 13.0. The van der Waals surface area contributed by atoms with Crippen LogP contribution in [0.15, 0.2) is 0 Å². The summed E-state index contributed by atoms with van der Waals surface area (Å²) in [7, 11) is 0. The lowest BCUT2D eigenvalue weighted by Gasteiger charge is -2.40.